The maximum Gasteiger partial charge on any atom is 0.329 e. The molecule has 0 unspecified atom stereocenters. The monoisotopic (exact) mass is 424 g/mol. The van der Waals surface area contributed by atoms with Crippen molar-refractivity contribution in [1.29, 1.82) is 0 Å². The molecule has 3 rings (SSSR count). The predicted molar refractivity (Wildman–Crippen MR) is 120 cm³/mol. The number of piperidine rings is 1. The molecule has 2 atom stereocenters. The highest BCUT2D eigenvalue weighted by atomic mass is 16.5. The second-order valence-corrected chi connectivity index (χ2v) is 8.64. The van der Waals surface area contributed by atoms with Gasteiger partial charge >= 0.3 is 5.97 Å². The summed E-state index contributed by atoms with van der Waals surface area (Å²) >= 11 is 0. The number of carbonyl (C=O) groups excluding carboxylic acids is 3. The van der Waals surface area contributed by atoms with Gasteiger partial charge in [-0.2, -0.15) is 0 Å². The summed E-state index contributed by atoms with van der Waals surface area (Å²) in [5, 5.41) is 4.89. The van der Waals surface area contributed by atoms with Gasteiger partial charge in [-0.1, -0.05) is 56.3 Å². The summed E-state index contributed by atoms with van der Waals surface area (Å²) in [6, 6.07) is 13.1. The molecule has 166 valence electrons. The Kier molecular flexibility index (Phi) is 7.66. The van der Waals surface area contributed by atoms with E-state index in [1.807, 2.05) is 63.2 Å². The number of nitrogens with one attached hydrogen (secondary N) is 1. The second-order valence-electron chi connectivity index (χ2n) is 8.64. The zero-order valence-corrected chi connectivity index (χ0v) is 18.6. The highest BCUT2D eigenvalue weighted by Gasteiger charge is 2.28. The topological polar surface area (TPSA) is 75.7 Å². The van der Waals surface area contributed by atoms with Crippen LogP contribution in [0.15, 0.2) is 42.5 Å². The third-order valence-electron chi connectivity index (χ3n) is 5.93. The summed E-state index contributed by atoms with van der Waals surface area (Å²) in [6.07, 6.45) is 3.23. The fourth-order valence-corrected chi connectivity index (χ4v) is 4.12. The highest BCUT2D eigenvalue weighted by Crippen LogP contribution is 2.19. The first kappa shape index (κ1) is 22.8. The molecule has 1 heterocycles. The Bertz CT molecular complexity index is 935. The largest absolute Gasteiger partial charge is 0.454 e. The highest BCUT2D eigenvalue weighted by molar-refractivity contribution is 5.92. The summed E-state index contributed by atoms with van der Waals surface area (Å²) in [5.74, 6) is -1.15. The first-order valence-corrected chi connectivity index (χ1v) is 11.1. The zero-order valence-electron chi connectivity index (χ0n) is 18.6. The molecule has 1 aliphatic rings. The van der Waals surface area contributed by atoms with E-state index >= 15 is 0 Å². The van der Waals surface area contributed by atoms with Crippen LogP contribution in [0.25, 0.3) is 10.8 Å². The van der Waals surface area contributed by atoms with Gasteiger partial charge in [-0.15, -0.1) is 0 Å². The molecule has 0 bridgehead atoms. The van der Waals surface area contributed by atoms with Gasteiger partial charge in [0.05, 0.1) is 6.42 Å². The summed E-state index contributed by atoms with van der Waals surface area (Å²) in [7, 11) is 0. The summed E-state index contributed by atoms with van der Waals surface area (Å²) in [5.41, 5.74) is 0.903. The van der Waals surface area contributed by atoms with Gasteiger partial charge in [0, 0.05) is 12.6 Å². The first-order chi connectivity index (χ1) is 14.9. The lowest BCUT2D eigenvalue weighted by molar-refractivity contribution is -0.156. The first-order valence-electron chi connectivity index (χ1n) is 11.1. The molecule has 2 aromatic rings. The fraction of sp³-hybridized carbons (Fsp3) is 0.480. The van der Waals surface area contributed by atoms with Crippen LogP contribution in [-0.2, 0) is 25.5 Å². The molecule has 0 radical (unpaired) electrons. The molecule has 0 aliphatic carbocycles. The van der Waals surface area contributed by atoms with Crippen LogP contribution < -0.4 is 5.32 Å². The van der Waals surface area contributed by atoms with E-state index in [1.165, 1.54) is 0 Å². The number of nitrogens with zero attached hydrogens (tertiary/aromatic N) is 1. The molecule has 0 saturated carbocycles. The summed E-state index contributed by atoms with van der Waals surface area (Å²) in [4.78, 5) is 39.6. The van der Waals surface area contributed by atoms with Gasteiger partial charge in [-0.05, 0) is 48.4 Å². The van der Waals surface area contributed by atoms with Gasteiger partial charge in [0.15, 0.2) is 6.61 Å². The fourth-order valence-electron chi connectivity index (χ4n) is 4.12. The van der Waals surface area contributed by atoms with Gasteiger partial charge in [0.1, 0.15) is 6.04 Å². The lowest BCUT2D eigenvalue weighted by Crippen LogP contribution is -2.48. The van der Waals surface area contributed by atoms with Crippen molar-refractivity contribution in [1.82, 2.24) is 10.2 Å². The molecule has 2 amide bonds. The van der Waals surface area contributed by atoms with Gasteiger partial charge in [0.2, 0.25) is 5.91 Å². The average Bonchev–Trinajstić information content (AvgIpc) is 2.76. The van der Waals surface area contributed by atoms with Crippen molar-refractivity contribution < 1.29 is 19.1 Å². The van der Waals surface area contributed by atoms with E-state index in [0.717, 1.165) is 35.6 Å². The minimum absolute atomic E-state index is 0.159. The molecular formula is C25H32N2O4. The van der Waals surface area contributed by atoms with Crippen molar-refractivity contribution in [2.75, 3.05) is 13.2 Å². The van der Waals surface area contributed by atoms with Crippen molar-refractivity contribution in [2.24, 2.45) is 5.92 Å². The number of ether oxygens (including phenoxy) is 1. The number of likely N-dealkylation sites (tertiary alicyclic amines) is 1. The maximum absolute atomic E-state index is 12.7. The minimum Gasteiger partial charge on any atom is -0.454 e. The van der Waals surface area contributed by atoms with Crippen LogP contribution in [0.2, 0.25) is 0 Å². The quantitative estimate of drug-likeness (QED) is 0.691. The normalized spacial score (nSPS) is 17.4. The molecule has 6 heteroatoms. The van der Waals surface area contributed by atoms with Crippen LogP contribution in [0.1, 0.15) is 45.6 Å². The number of hydrogen-bond acceptors (Lipinski definition) is 4. The molecule has 2 aromatic carbocycles. The number of esters is 1. The molecule has 0 aromatic heterocycles. The number of fused-ring (bicyclic) bond motifs is 1. The second kappa shape index (κ2) is 10.4. The SMILES string of the molecule is CC(C)[C@H](NC(=O)Cc1cccc2ccccc12)C(=O)OCC(=O)N1CCCC[C@H]1C. The Morgan fingerprint density at radius 1 is 1.10 bits per heavy atom. The van der Waals surface area contributed by atoms with E-state index in [1.54, 1.807) is 4.90 Å². The average molecular weight is 425 g/mol. The van der Waals surface area contributed by atoms with Crippen LogP contribution >= 0.6 is 0 Å². The summed E-state index contributed by atoms with van der Waals surface area (Å²) < 4.78 is 5.31. The van der Waals surface area contributed by atoms with Crippen molar-refractivity contribution in [2.45, 2.75) is 58.5 Å². The van der Waals surface area contributed by atoms with E-state index in [0.29, 0.717) is 6.54 Å². The number of carbonyl (C=O) groups is 3. The zero-order chi connectivity index (χ0) is 22.4. The van der Waals surface area contributed by atoms with Gasteiger partial charge < -0.3 is 15.0 Å². The van der Waals surface area contributed by atoms with Gasteiger partial charge in [0.25, 0.3) is 5.91 Å². The molecule has 31 heavy (non-hydrogen) atoms. The van der Waals surface area contributed by atoms with E-state index in [-0.39, 0.29) is 36.8 Å². The molecule has 1 fully saturated rings. The number of rotatable bonds is 7. The van der Waals surface area contributed by atoms with Gasteiger partial charge in [-0.25, -0.2) is 4.79 Å². The van der Waals surface area contributed by atoms with Crippen LogP contribution in [0.3, 0.4) is 0 Å². The van der Waals surface area contributed by atoms with Crippen molar-refractivity contribution >= 4 is 28.6 Å². The summed E-state index contributed by atoms with van der Waals surface area (Å²) in [6.45, 7) is 6.12. The molecule has 6 nitrogen and oxygen atoms in total. The van der Waals surface area contributed by atoms with Crippen molar-refractivity contribution in [3.63, 3.8) is 0 Å². The van der Waals surface area contributed by atoms with Crippen LogP contribution in [-0.4, -0.2) is 47.9 Å². The molecule has 1 aliphatic heterocycles. The Labute approximate surface area is 183 Å². The minimum atomic E-state index is -0.797. The van der Waals surface area contributed by atoms with E-state index in [4.69, 9.17) is 4.74 Å². The van der Waals surface area contributed by atoms with Crippen LogP contribution in [0.5, 0.6) is 0 Å². The smallest absolute Gasteiger partial charge is 0.329 e. The maximum atomic E-state index is 12.7. The third kappa shape index (κ3) is 5.84. The molecule has 1 N–H and O–H groups in total. The van der Waals surface area contributed by atoms with E-state index < -0.39 is 12.0 Å². The predicted octanol–water partition coefficient (Wildman–Crippen LogP) is 3.47. The third-order valence-corrected chi connectivity index (χ3v) is 5.93. The Balaban J connectivity index is 1.58. The lowest BCUT2D eigenvalue weighted by atomic mass is 10.0. The Hall–Kier alpha value is -2.89. The molecular weight excluding hydrogens is 392 g/mol. The van der Waals surface area contributed by atoms with E-state index in [9.17, 15) is 14.4 Å². The molecule has 1 saturated heterocycles. The van der Waals surface area contributed by atoms with Crippen molar-refractivity contribution in [3.05, 3.63) is 48.0 Å². The van der Waals surface area contributed by atoms with Crippen LogP contribution in [0.4, 0.5) is 0 Å². The Morgan fingerprint density at radius 2 is 1.84 bits per heavy atom. The number of hydrogen-bond donors (Lipinski definition) is 1. The Morgan fingerprint density at radius 3 is 2.58 bits per heavy atom. The van der Waals surface area contributed by atoms with Gasteiger partial charge in [-0.3, -0.25) is 9.59 Å². The lowest BCUT2D eigenvalue weighted by Gasteiger charge is -2.33. The number of benzene rings is 2. The standard InChI is InChI=1S/C25H32N2O4/c1-17(2)24(25(30)31-16-23(29)27-14-7-6-9-18(27)3)26-22(28)15-20-12-8-11-19-10-4-5-13-21(19)20/h4-5,8,10-13,17-18,24H,6-7,9,14-16H2,1-3H3,(H,26,28)/t18-,24+/m1/s1. The number of amides is 2. The van der Waals surface area contributed by atoms with Crippen LogP contribution in [0, 0.1) is 5.92 Å². The van der Waals surface area contributed by atoms with Crippen molar-refractivity contribution in [3.8, 4) is 0 Å². The van der Waals surface area contributed by atoms with E-state index in [2.05, 4.69) is 5.32 Å². The molecule has 0 spiro atoms.